The lowest BCUT2D eigenvalue weighted by atomic mass is 10.1. The van der Waals surface area contributed by atoms with Crippen LogP contribution in [-0.4, -0.2) is 42.8 Å². The van der Waals surface area contributed by atoms with Crippen LogP contribution in [0.1, 0.15) is 45.4 Å². The first-order valence-electron chi connectivity index (χ1n) is 9.88. The number of rotatable bonds is 7. The van der Waals surface area contributed by atoms with E-state index in [1.54, 1.807) is 23.1 Å². The van der Waals surface area contributed by atoms with Gasteiger partial charge in [-0.05, 0) is 30.9 Å². The number of hydrogen-bond acceptors (Lipinski definition) is 5. The van der Waals surface area contributed by atoms with Gasteiger partial charge >= 0.3 is 0 Å². The van der Waals surface area contributed by atoms with Gasteiger partial charge in [0.05, 0.1) is 11.7 Å². The number of anilines is 1. The number of amides is 1. The molecule has 1 atom stereocenters. The molecule has 8 heteroatoms. The zero-order valence-corrected chi connectivity index (χ0v) is 16.7. The summed E-state index contributed by atoms with van der Waals surface area (Å²) in [5, 5.41) is 13.8. The molecule has 1 aromatic rings. The number of carbonyl (C=O) groups excluding carboxylic acids is 1. The van der Waals surface area contributed by atoms with Crippen molar-refractivity contribution in [3.05, 3.63) is 35.6 Å². The topological polar surface area (TPSA) is 99.1 Å². The fourth-order valence-electron chi connectivity index (χ4n) is 3.85. The van der Waals surface area contributed by atoms with E-state index >= 15 is 0 Å². The molecule has 1 fully saturated rings. The Bertz CT molecular complexity index is 963. The first-order valence-corrected chi connectivity index (χ1v) is 11.3. The Hall–Kier alpha value is -2.35. The van der Waals surface area contributed by atoms with Crippen molar-refractivity contribution >= 4 is 27.5 Å². The van der Waals surface area contributed by atoms with Crippen LogP contribution < -0.4 is 5.32 Å². The van der Waals surface area contributed by atoms with Crippen molar-refractivity contribution in [1.82, 2.24) is 4.90 Å². The molecule has 7 nitrogen and oxygen atoms in total. The molecule has 0 saturated heterocycles. The summed E-state index contributed by atoms with van der Waals surface area (Å²) in [7, 11) is -3.93. The van der Waals surface area contributed by atoms with E-state index in [-0.39, 0.29) is 28.0 Å². The molecule has 3 aliphatic rings. The van der Waals surface area contributed by atoms with Gasteiger partial charge in [-0.1, -0.05) is 44.7 Å². The summed E-state index contributed by atoms with van der Waals surface area (Å²) < 4.78 is 28.9. The number of aliphatic hydroxyl groups is 1. The highest BCUT2D eigenvalue weighted by atomic mass is 32.2. The van der Waals surface area contributed by atoms with E-state index in [1.165, 1.54) is 6.07 Å². The van der Waals surface area contributed by atoms with Crippen LogP contribution in [0.25, 0.3) is 0 Å². The largest absolute Gasteiger partial charge is 0.509 e. The lowest BCUT2D eigenvalue weighted by Crippen LogP contribution is -2.38. The maximum atomic E-state index is 13.1. The predicted molar refractivity (Wildman–Crippen MR) is 107 cm³/mol. The summed E-state index contributed by atoms with van der Waals surface area (Å²) in [5.74, 6) is 0.0213. The zero-order valence-electron chi connectivity index (χ0n) is 15.9. The smallest absolute Gasteiger partial charge is 0.286 e. The summed E-state index contributed by atoms with van der Waals surface area (Å²) in [6.07, 6.45) is 5.81. The maximum absolute atomic E-state index is 13.1. The molecule has 150 valence electrons. The Morgan fingerprint density at radius 1 is 1.25 bits per heavy atom. The predicted octanol–water partition coefficient (Wildman–Crippen LogP) is 3.21. The first-order chi connectivity index (χ1) is 13.4. The van der Waals surface area contributed by atoms with Crippen LogP contribution in [0.5, 0.6) is 0 Å². The zero-order chi connectivity index (χ0) is 19.9. The number of benzene rings is 1. The number of aliphatic hydroxyl groups excluding tert-OH is 1. The fourth-order valence-corrected chi connectivity index (χ4v) is 4.98. The van der Waals surface area contributed by atoms with Crippen LogP contribution >= 0.6 is 0 Å². The molecule has 1 aromatic carbocycles. The second kappa shape index (κ2) is 7.24. The molecule has 2 heterocycles. The highest BCUT2D eigenvalue weighted by Gasteiger charge is 2.44. The van der Waals surface area contributed by atoms with E-state index in [1.807, 2.05) is 0 Å². The van der Waals surface area contributed by atoms with Gasteiger partial charge < -0.3 is 15.3 Å². The molecule has 2 N–H and O–H groups in total. The van der Waals surface area contributed by atoms with E-state index < -0.39 is 16.1 Å². The Kier molecular flexibility index (Phi) is 4.91. The standard InChI is InChI=1S/C20H25N3O4S/c1-2-3-6-11-23-15(12-13-9-10-13)18(24)17(20(23)25)19-21-14-7-4-5-8-16(14)28(26,27)22-19/h4-5,7-8,13,15,24H,2-3,6,9-12H2,1H3,(H,21,22)/t15-/m0/s1. The van der Waals surface area contributed by atoms with E-state index in [9.17, 15) is 18.3 Å². The number of hydrogen-bond donors (Lipinski definition) is 2. The minimum absolute atomic E-state index is 0.0137. The molecule has 2 aliphatic heterocycles. The Labute approximate surface area is 165 Å². The maximum Gasteiger partial charge on any atom is 0.286 e. The molecule has 4 rings (SSSR count). The highest BCUT2D eigenvalue weighted by molar-refractivity contribution is 7.90. The molecular formula is C20H25N3O4S. The molecule has 1 amide bonds. The van der Waals surface area contributed by atoms with Crippen LogP contribution in [-0.2, 0) is 14.8 Å². The number of amidine groups is 1. The molecule has 1 aliphatic carbocycles. The third-order valence-electron chi connectivity index (χ3n) is 5.55. The minimum Gasteiger partial charge on any atom is -0.509 e. The molecular weight excluding hydrogens is 378 g/mol. The molecule has 1 saturated carbocycles. The van der Waals surface area contributed by atoms with Crippen LogP contribution in [0.2, 0.25) is 0 Å². The third kappa shape index (κ3) is 3.41. The van der Waals surface area contributed by atoms with Crippen molar-refractivity contribution in [2.45, 2.75) is 56.4 Å². The minimum atomic E-state index is -3.93. The average Bonchev–Trinajstić information content (AvgIpc) is 3.44. The molecule has 28 heavy (non-hydrogen) atoms. The Morgan fingerprint density at radius 2 is 2.00 bits per heavy atom. The number of nitrogens with zero attached hydrogens (tertiary/aromatic N) is 2. The van der Waals surface area contributed by atoms with Gasteiger partial charge in [-0.15, -0.1) is 4.40 Å². The van der Waals surface area contributed by atoms with E-state index in [4.69, 9.17) is 0 Å². The lowest BCUT2D eigenvalue weighted by molar-refractivity contribution is -0.126. The van der Waals surface area contributed by atoms with Crippen molar-refractivity contribution in [1.29, 1.82) is 0 Å². The molecule has 0 bridgehead atoms. The number of carbonyl (C=O) groups is 1. The lowest BCUT2D eigenvalue weighted by Gasteiger charge is -2.25. The SMILES string of the molecule is CCCCCN1C(=O)C(C2=NS(=O)(=O)c3ccccc3N2)=C(O)[C@@H]1CC1CC1. The fraction of sp³-hybridized carbons (Fsp3) is 0.500. The quantitative estimate of drug-likeness (QED) is 0.681. The molecule has 0 aromatic heterocycles. The van der Waals surface area contributed by atoms with Crippen LogP contribution in [0.15, 0.2) is 44.9 Å². The summed E-state index contributed by atoms with van der Waals surface area (Å²) in [4.78, 5) is 14.9. The molecule has 0 spiro atoms. The second-order valence-electron chi connectivity index (χ2n) is 7.70. The van der Waals surface area contributed by atoms with Crippen LogP contribution in [0.4, 0.5) is 5.69 Å². The van der Waals surface area contributed by atoms with Crippen molar-refractivity contribution in [3.8, 4) is 0 Å². The van der Waals surface area contributed by atoms with Crippen LogP contribution in [0.3, 0.4) is 0 Å². The van der Waals surface area contributed by atoms with Crippen molar-refractivity contribution in [2.75, 3.05) is 11.9 Å². The number of para-hydroxylation sites is 1. The molecule has 0 radical (unpaired) electrons. The number of fused-ring (bicyclic) bond motifs is 1. The van der Waals surface area contributed by atoms with E-state index in [0.717, 1.165) is 32.1 Å². The average molecular weight is 404 g/mol. The number of nitrogens with one attached hydrogen (secondary N) is 1. The normalized spacial score (nSPS) is 23.5. The molecule has 0 unspecified atom stereocenters. The summed E-state index contributed by atoms with van der Waals surface area (Å²) in [5.41, 5.74) is 0.351. The van der Waals surface area contributed by atoms with Gasteiger partial charge in [0.1, 0.15) is 16.2 Å². The summed E-state index contributed by atoms with van der Waals surface area (Å²) in [6.45, 7) is 2.64. The Balaban J connectivity index is 1.68. The van der Waals surface area contributed by atoms with Crippen LogP contribution in [0, 0.1) is 5.92 Å². The van der Waals surface area contributed by atoms with Gasteiger partial charge in [0.15, 0.2) is 5.84 Å². The van der Waals surface area contributed by atoms with Crippen molar-refractivity contribution in [3.63, 3.8) is 0 Å². The third-order valence-corrected chi connectivity index (χ3v) is 6.88. The summed E-state index contributed by atoms with van der Waals surface area (Å²) in [6, 6.07) is 6.03. The van der Waals surface area contributed by atoms with Gasteiger partial charge in [0.25, 0.3) is 15.9 Å². The number of unbranched alkanes of at least 4 members (excludes halogenated alkanes) is 2. The van der Waals surface area contributed by atoms with Gasteiger partial charge in [-0.3, -0.25) is 4.79 Å². The van der Waals surface area contributed by atoms with Crippen molar-refractivity contribution < 1.29 is 18.3 Å². The monoisotopic (exact) mass is 403 g/mol. The number of sulfonamides is 1. The van der Waals surface area contributed by atoms with E-state index in [2.05, 4.69) is 16.6 Å². The van der Waals surface area contributed by atoms with E-state index in [0.29, 0.717) is 24.6 Å². The van der Waals surface area contributed by atoms with Gasteiger partial charge in [-0.25, -0.2) is 0 Å². The van der Waals surface area contributed by atoms with Gasteiger partial charge in [0.2, 0.25) is 0 Å². The van der Waals surface area contributed by atoms with Crippen molar-refractivity contribution in [2.24, 2.45) is 10.3 Å². The first kappa shape index (κ1) is 19.0. The Morgan fingerprint density at radius 3 is 2.71 bits per heavy atom. The summed E-state index contributed by atoms with van der Waals surface area (Å²) >= 11 is 0. The van der Waals surface area contributed by atoms with Gasteiger partial charge in [0, 0.05) is 6.54 Å². The second-order valence-corrected chi connectivity index (χ2v) is 9.27. The van der Waals surface area contributed by atoms with Gasteiger partial charge in [-0.2, -0.15) is 8.42 Å². The highest BCUT2D eigenvalue weighted by Crippen LogP contribution is 2.40.